The number of likely N-dealkylation sites (tertiary alicyclic amines) is 1. The largest absolute Gasteiger partial charge is 0.340 e. The van der Waals surface area contributed by atoms with Crippen LogP contribution in [-0.2, 0) is 4.79 Å². The molecule has 2 unspecified atom stereocenters. The first-order chi connectivity index (χ1) is 8.76. The number of hydrogen-bond acceptors (Lipinski definition) is 3. The summed E-state index contributed by atoms with van der Waals surface area (Å²) in [4.78, 5) is 16.9. The average Bonchev–Trinajstić information content (AvgIpc) is 2.90. The van der Waals surface area contributed by atoms with Gasteiger partial charge in [0.1, 0.15) is 0 Å². The van der Waals surface area contributed by atoms with Gasteiger partial charge in [-0.2, -0.15) is 0 Å². The maximum atomic E-state index is 12.4. The molecule has 2 heterocycles. The van der Waals surface area contributed by atoms with Crippen molar-refractivity contribution < 1.29 is 4.79 Å². The first-order valence-corrected chi connectivity index (χ1v) is 7.52. The SMILES string of the molecule is CCN(CC)C1CCN(C(=O)C2CCCCN2)C1. The second-order valence-electron chi connectivity index (χ2n) is 5.45. The number of nitrogens with zero attached hydrogens (tertiary/aromatic N) is 2. The third-order valence-corrected chi connectivity index (χ3v) is 4.41. The smallest absolute Gasteiger partial charge is 0.239 e. The van der Waals surface area contributed by atoms with Crippen LogP contribution in [0, 0.1) is 0 Å². The first-order valence-electron chi connectivity index (χ1n) is 7.52. The van der Waals surface area contributed by atoms with Crippen molar-refractivity contribution in [3.05, 3.63) is 0 Å². The van der Waals surface area contributed by atoms with E-state index in [9.17, 15) is 4.79 Å². The average molecular weight is 253 g/mol. The van der Waals surface area contributed by atoms with Crippen LogP contribution in [0.2, 0.25) is 0 Å². The molecule has 2 aliphatic heterocycles. The van der Waals surface area contributed by atoms with Crippen molar-refractivity contribution in [1.82, 2.24) is 15.1 Å². The summed E-state index contributed by atoms with van der Waals surface area (Å²) in [5.41, 5.74) is 0. The molecule has 0 aromatic heterocycles. The van der Waals surface area contributed by atoms with Crippen LogP contribution >= 0.6 is 0 Å². The Morgan fingerprint density at radius 3 is 2.67 bits per heavy atom. The van der Waals surface area contributed by atoms with E-state index in [2.05, 4.69) is 29.0 Å². The lowest BCUT2D eigenvalue weighted by atomic mass is 10.0. The lowest BCUT2D eigenvalue weighted by molar-refractivity contribution is -0.133. The van der Waals surface area contributed by atoms with Gasteiger partial charge in [-0.1, -0.05) is 20.3 Å². The standard InChI is InChI=1S/C14H27N3O/c1-3-16(4-2)12-8-10-17(11-12)14(18)13-7-5-6-9-15-13/h12-13,15H,3-11H2,1-2H3. The van der Waals surface area contributed by atoms with E-state index in [1.807, 2.05) is 0 Å². The predicted molar refractivity (Wildman–Crippen MR) is 73.5 cm³/mol. The highest BCUT2D eigenvalue weighted by Gasteiger charge is 2.32. The van der Waals surface area contributed by atoms with Gasteiger partial charge < -0.3 is 10.2 Å². The Morgan fingerprint density at radius 2 is 2.06 bits per heavy atom. The lowest BCUT2D eigenvalue weighted by Crippen LogP contribution is -2.48. The van der Waals surface area contributed by atoms with Gasteiger partial charge in [0.25, 0.3) is 0 Å². The molecule has 0 saturated carbocycles. The van der Waals surface area contributed by atoms with Crippen molar-refractivity contribution in [2.24, 2.45) is 0 Å². The van der Waals surface area contributed by atoms with Crippen LogP contribution in [0.1, 0.15) is 39.5 Å². The summed E-state index contributed by atoms with van der Waals surface area (Å²) in [6.07, 6.45) is 4.56. The maximum Gasteiger partial charge on any atom is 0.239 e. The van der Waals surface area contributed by atoms with Crippen LogP contribution in [-0.4, -0.2) is 60.5 Å². The van der Waals surface area contributed by atoms with Crippen LogP contribution < -0.4 is 5.32 Å². The third kappa shape index (κ3) is 3.04. The van der Waals surface area contributed by atoms with Crippen molar-refractivity contribution in [2.75, 3.05) is 32.7 Å². The van der Waals surface area contributed by atoms with Gasteiger partial charge in [0, 0.05) is 19.1 Å². The zero-order valence-corrected chi connectivity index (χ0v) is 11.8. The summed E-state index contributed by atoms with van der Waals surface area (Å²) in [6, 6.07) is 0.668. The van der Waals surface area contributed by atoms with Gasteiger partial charge in [-0.25, -0.2) is 0 Å². The molecule has 1 amide bonds. The van der Waals surface area contributed by atoms with E-state index >= 15 is 0 Å². The summed E-state index contributed by atoms with van der Waals surface area (Å²) in [5, 5.41) is 3.36. The fourth-order valence-corrected chi connectivity index (χ4v) is 3.26. The van der Waals surface area contributed by atoms with Gasteiger partial charge in [0.05, 0.1) is 6.04 Å². The van der Waals surface area contributed by atoms with Crippen LogP contribution in [0.15, 0.2) is 0 Å². The Bertz CT molecular complexity index is 272. The van der Waals surface area contributed by atoms with Crippen LogP contribution in [0.3, 0.4) is 0 Å². The van der Waals surface area contributed by atoms with Gasteiger partial charge >= 0.3 is 0 Å². The normalized spacial score (nSPS) is 28.9. The molecule has 18 heavy (non-hydrogen) atoms. The fourth-order valence-electron chi connectivity index (χ4n) is 3.26. The highest BCUT2D eigenvalue weighted by molar-refractivity contribution is 5.82. The van der Waals surface area contributed by atoms with Crippen LogP contribution in [0.5, 0.6) is 0 Å². The minimum Gasteiger partial charge on any atom is -0.340 e. The second-order valence-corrected chi connectivity index (χ2v) is 5.45. The number of nitrogens with one attached hydrogen (secondary N) is 1. The lowest BCUT2D eigenvalue weighted by Gasteiger charge is -2.29. The monoisotopic (exact) mass is 253 g/mol. The molecule has 2 atom stereocenters. The Balaban J connectivity index is 1.85. The molecule has 0 aromatic rings. The van der Waals surface area contributed by atoms with E-state index in [0.29, 0.717) is 11.9 Å². The Morgan fingerprint density at radius 1 is 1.28 bits per heavy atom. The van der Waals surface area contributed by atoms with E-state index in [0.717, 1.165) is 45.6 Å². The van der Waals surface area contributed by atoms with Crippen molar-refractivity contribution >= 4 is 5.91 Å². The van der Waals surface area contributed by atoms with Crippen molar-refractivity contribution in [3.63, 3.8) is 0 Å². The topological polar surface area (TPSA) is 35.6 Å². The summed E-state index contributed by atoms with van der Waals surface area (Å²) < 4.78 is 0. The van der Waals surface area contributed by atoms with Gasteiger partial charge in [-0.15, -0.1) is 0 Å². The predicted octanol–water partition coefficient (Wildman–Crippen LogP) is 1.07. The molecule has 0 radical (unpaired) electrons. The summed E-state index contributed by atoms with van der Waals surface area (Å²) in [6.45, 7) is 9.46. The van der Waals surface area contributed by atoms with E-state index in [1.54, 1.807) is 0 Å². The molecular weight excluding hydrogens is 226 g/mol. The number of amides is 1. The van der Waals surface area contributed by atoms with Crippen molar-refractivity contribution in [2.45, 2.75) is 51.6 Å². The molecule has 4 heteroatoms. The van der Waals surface area contributed by atoms with Gasteiger partial charge in [-0.05, 0) is 38.9 Å². The fraction of sp³-hybridized carbons (Fsp3) is 0.929. The highest BCUT2D eigenvalue weighted by Crippen LogP contribution is 2.18. The maximum absolute atomic E-state index is 12.4. The number of hydrogen-bond donors (Lipinski definition) is 1. The number of carbonyl (C=O) groups excluding carboxylic acids is 1. The minimum absolute atomic E-state index is 0.0919. The van der Waals surface area contributed by atoms with Gasteiger partial charge in [-0.3, -0.25) is 9.69 Å². The quantitative estimate of drug-likeness (QED) is 0.814. The number of rotatable bonds is 4. The third-order valence-electron chi connectivity index (χ3n) is 4.41. The molecule has 2 saturated heterocycles. The van der Waals surface area contributed by atoms with Gasteiger partial charge in [0.15, 0.2) is 0 Å². The van der Waals surface area contributed by atoms with E-state index < -0.39 is 0 Å². The van der Waals surface area contributed by atoms with E-state index in [1.165, 1.54) is 12.8 Å². The first kappa shape index (κ1) is 13.8. The molecular formula is C14H27N3O. The molecule has 0 aromatic carbocycles. The number of likely N-dealkylation sites (N-methyl/N-ethyl adjacent to an activating group) is 1. The van der Waals surface area contributed by atoms with Crippen molar-refractivity contribution in [1.29, 1.82) is 0 Å². The zero-order chi connectivity index (χ0) is 13.0. The Labute approximate surface area is 111 Å². The Hall–Kier alpha value is -0.610. The molecule has 104 valence electrons. The van der Waals surface area contributed by atoms with E-state index in [-0.39, 0.29) is 6.04 Å². The molecule has 2 rings (SSSR count). The molecule has 2 aliphatic rings. The minimum atomic E-state index is 0.0919. The van der Waals surface area contributed by atoms with Crippen molar-refractivity contribution in [3.8, 4) is 0 Å². The number of piperidine rings is 1. The molecule has 2 fully saturated rings. The zero-order valence-electron chi connectivity index (χ0n) is 11.8. The molecule has 0 spiro atoms. The van der Waals surface area contributed by atoms with Crippen LogP contribution in [0.25, 0.3) is 0 Å². The molecule has 0 aliphatic carbocycles. The summed E-state index contributed by atoms with van der Waals surface area (Å²) >= 11 is 0. The van der Waals surface area contributed by atoms with E-state index in [4.69, 9.17) is 0 Å². The second kappa shape index (κ2) is 6.53. The summed E-state index contributed by atoms with van der Waals surface area (Å²) in [7, 11) is 0. The summed E-state index contributed by atoms with van der Waals surface area (Å²) in [5.74, 6) is 0.337. The molecule has 1 N–H and O–H groups in total. The molecule has 4 nitrogen and oxygen atoms in total. The highest BCUT2D eigenvalue weighted by atomic mass is 16.2. The van der Waals surface area contributed by atoms with Gasteiger partial charge in [0.2, 0.25) is 5.91 Å². The number of carbonyl (C=O) groups is 1. The van der Waals surface area contributed by atoms with Crippen LogP contribution in [0.4, 0.5) is 0 Å². The Kier molecular flexibility index (Phi) is 5.01. The molecule has 0 bridgehead atoms.